The SMILES string of the molecule is CC(C)C(NC(=O)CCC(=O)O)c1ccc(Cl)cc1. The summed E-state index contributed by atoms with van der Waals surface area (Å²) in [6.07, 6.45) is -0.163. The van der Waals surface area contributed by atoms with Crippen LogP contribution in [0.15, 0.2) is 24.3 Å². The number of benzene rings is 1. The Bertz CT molecular complexity index is 443. The number of aliphatic carboxylic acids is 1. The lowest BCUT2D eigenvalue weighted by Crippen LogP contribution is -2.31. The number of carboxylic acids is 1. The second-order valence-corrected chi connectivity index (χ2v) is 5.17. The highest BCUT2D eigenvalue weighted by Crippen LogP contribution is 2.23. The molecule has 1 rings (SSSR count). The van der Waals surface area contributed by atoms with E-state index in [4.69, 9.17) is 16.7 Å². The minimum atomic E-state index is -0.970. The van der Waals surface area contributed by atoms with Gasteiger partial charge in [-0.15, -0.1) is 0 Å². The molecule has 104 valence electrons. The van der Waals surface area contributed by atoms with Crippen molar-refractivity contribution in [3.8, 4) is 0 Å². The Morgan fingerprint density at radius 2 is 1.79 bits per heavy atom. The van der Waals surface area contributed by atoms with Gasteiger partial charge in [0, 0.05) is 11.4 Å². The van der Waals surface area contributed by atoms with Crippen molar-refractivity contribution in [1.82, 2.24) is 5.32 Å². The number of carboxylic acid groups (broad SMARTS) is 1. The third-order valence-electron chi connectivity index (χ3n) is 2.78. The van der Waals surface area contributed by atoms with Crippen molar-refractivity contribution < 1.29 is 14.7 Å². The quantitative estimate of drug-likeness (QED) is 0.843. The first-order chi connectivity index (χ1) is 8.90. The van der Waals surface area contributed by atoms with E-state index in [2.05, 4.69) is 5.32 Å². The summed E-state index contributed by atoms with van der Waals surface area (Å²) in [5, 5.41) is 12.1. The summed E-state index contributed by atoms with van der Waals surface area (Å²) in [7, 11) is 0. The van der Waals surface area contributed by atoms with Gasteiger partial charge in [-0.3, -0.25) is 9.59 Å². The third kappa shape index (κ3) is 5.30. The Morgan fingerprint density at radius 1 is 1.21 bits per heavy atom. The Balaban J connectivity index is 2.70. The first-order valence-corrected chi connectivity index (χ1v) is 6.54. The van der Waals surface area contributed by atoms with E-state index in [1.807, 2.05) is 26.0 Å². The van der Waals surface area contributed by atoms with Gasteiger partial charge in [0.1, 0.15) is 0 Å². The molecule has 5 heteroatoms. The molecule has 0 aliphatic heterocycles. The summed E-state index contributed by atoms with van der Waals surface area (Å²) >= 11 is 5.83. The van der Waals surface area contributed by atoms with Crippen LogP contribution in [-0.4, -0.2) is 17.0 Å². The number of rotatable bonds is 6. The van der Waals surface area contributed by atoms with Gasteiger partial charge in [0.25, 0.3) is 0 Å². The maximum atomic E-state index is 11.7. The lowest BCUT2D eigenvalue weighted by atomic mass is 9.96. The number of amides is 1. The molecule has 1 amide bonds. The molecule has 0 bridgehead atoms. The summed E-state index contributed by atoms with van der Waals surface area (Å²) in [6.45, 7) is 3.99. The average molecular weight is 284 g/mol. The van der Waals surface area contributed by atoms with Crippen LogP contribution in [0.1, 0.15) is 38.3 Å². The zero-order valence-electron chi connectivity index (χ0n) is 11.0. The molecule has 0 spiro atoms. The van der Waals surface area contributed by atoms with Crippen LogP contribution in [0.25, 0.3) is 0 Å². The van der Waals surface area contributed by atoms with Crippen LogP contribution in [0.5, 0.6) is 0 Å². The lowest BCUT2D eigenvalue weighted by molar-refractivity contribution is -0.139. The number of hydrogen-bond donors (Lipinski definition) is 2. The highest BCUT2D eigenvalue weighted by Gasteiger charge is 2.18. The standard InChI is InChI=1S/C14H18ClNO3/c1-9(2)14(10-3-5-11(15)6-4-10)16-12(17)7-8-13(18)19/h3-6,9,14H,7-8H2,1-2H3,(H,16,17)(H,18,19). The van der Waals surface area contributed by atoms with Crippen molar-refractivity contribution in [2.75, 3.05) is 0 Å². The van der Waals surface area contributed by atoms with Crippen molar-refractivity contribution in [3.63, 3.8) is 0 Å². The van der Waals surface area contributed by atoms with Crippen LogP contribution in [0, 0.1) is 5.92 Å². The fourth-order valence-electron chi connectivity index (χ4n) is 1.77. The Labute approximate surface area is 117 Å². The zero-order chi connectivity index (χ0) is 14.4. The number of halogens is 1. The fourth-order valence-corrected chi connectivity index (χ4v) is 1.90. The topological polar surface area (TPSA) is 66.4 Å². The molecule has 0 radical (unpaired) electrons. The van der Waals surface area contributed by atoms with Crippen LogP contribution >= 0.6 is 11.6 Å². The predicted octanol–water partition coefficient (Wildman–Crippen LogP) is 3.02. The highest BCUT2D eigenvalue weighted by atomic mass is 35.5. The van der Waals surface area contributed by atoms with Gasteiger partial charge in [-0.2, -0.15) is 0 Å². The molecule has 0 aliphatic rings. The summed E-state index contributed by atoms with van der Waals surface area (Å²) in [5.41, 5.74) is 0.961. The van der Waals surface area contributed by atoms with Crippen molar-refractivity contribution in [3.05, 3.63) is 34.9 Å². The molecule has 0 aromatic heterocycles. The molecule has 4 nitrogen and oxygen atoms in total. The smallest absolute Gasteiger partial charge is 0.303 e. The first-order valence-electron chi connectivity index (χ1n) is 6.16. The van der Waals surface area contributed by atoms with Gasteiger partial charge in [0.2, 0.25) is 5.91 Å². The molecular formula is C14H18ClNO3. The van der Waals surface area contributed by atoms with Gasteiger partial charge < -0.3 is 10.4 Å². The highest BCUT2D eigenvalue weighted by molar-refractivity contribution is 6.30. The van der Waals surface area contributed by atoms with E-state index in [0.29, 0.717) is 5.02 Å². The van der Waals surface area contributed by atoms with E-state index < -0.39 is 5.97 Å². The molecule has 1 aromatic rings. The minimum absolute atomic E-state index is 0.00779. The van der Waals surface area contributed by atoms with Crippen LogP contribution in [0.2, 0.25) is 5.02 Å². The molecule has 0 heterocycles. The monoisotopic (exact) mass is 283 g/mol. The molecule has 0 saturated heterocycles. The minimum Gasteiger partial charge on any atom is -0.481 e. The van der Waals surface area contributed by atoms with Gasteiger partial charge in [0.15, 0.2) is 0 Å². The molecule has 0 fully saturated rings. The third-order valence-corrected chi connectivity index (χ3v) is 3.03. The number of carbonyl (C=O) groups is 2. The lowest BCUT2D eigenvalue weighted by Gasteiger charge is -2.23. The summed E-state index contributed by atoms with van der Waals surface area (Å²) < 4.78 is 0. The zero-order valence-corrected chi connectivity index (χ0v) is 11.8. The molecule has 1 atom stereocenters. The predicted molar refractivity (Wildman–Crippen MR) is 74.0 cm³/mol. The van der Waals surface area contributed by atoms with E-state index in [0.717, 1.165) is 5.56 Å². The second-order valence-electron chi connectivity index (χ2n) is 4.73. The Hall–Kier alpha value is -1.55. The van der Waals surface area contributed by atoms with Crippen molar-refractivity contribution in [1.29, 1.82) is 0 Å². The van der Waals surface area contributed by atoms with Gasteiger partial charge in [-0.1, -0.05) is 37.6 Å². The largest absolute Gasteiger partial charge is 0.481 e. The molecule has 0 aliphatic carbocycles. The fraction of sp³-hybridized carbons (Fsp3) is 0.429. The molecular weight excluding hydrogens is 266 g/mol. The van der Waals surface area contributed by atoms with E-state index in [9.17, 15) is 9.59 Å². The van der Waals surface area contributed by atoms with Crippen molar-refractivity contribution in [2.45, 2.75) is 32.7 Å². The van der Waals surface area contributed by atoms with Crippen molar-refractivity contribution >= 4 is 23.5 Å². The maximum absolute atomic E-state index is 11.7. The summed E-state index contributed by atoms with van der Waals surface area (Å²) in [6, 6.07) is 7.14. The van der Waals surface area contributed by atoms with Gasteiger partial charge in [-0.05, 0) is 23.6 Å². The van der Waals surface area contributed by atoms with Crippen LogP contribution in [-0.2, 0) is 9.59 Å². The average Bonchev–Trinajstić information content (AvgIpc) is 2.34. The van der Waals surface area contributed by atoms with E-state index >= 15 is 0 Å². The molecule has 1 unspecified atom stereocenters. The van der Waals surface area contributed by atoms with E-state index in [1.54, 1.807) is 12.1 Å². The molecule has 2 N–H and O–H groups in total. The van der Waals surface area contributed by atoms with E-state index in [-0.39, 0.29) is 30.7 Å². The van der Waals surface area contributed by atoms with Gasteiger partial charge in [-0.25, -0.2) is 0 Å². The van der Waals surface area contributed by atoms with Crippen LogP contribution < -0.4 is 5.32 Å². The Morgan fingerprint density at radius 3 is 2.26 bits per heavy atom. The summed E-state index contributed by atoms with van der Waals surface area (Å²) in [5.74, 6) is -1.02. The maximum Gasteiger partial charge on any atom is 0.303 e. The number of hydrogen-bond acceptors (Lipinski definition) is 2. The normalized spacial score (nSPS) is 12.2. The molecule has 0 saturated carbocycles. The number of nitrogens with one attached hydrogen (secondary N) is 1. The van der Waals surface area contributed by atoms with Gasteiger partial charge >= 0.3 is 5.97 Å². The summed E-state index contributed by atoms with van der Waals surface area (Å²) in [4.78, 5) is 22.1. The Kier molecular flexibility index (Phi) is 5.83. The van der Waals surface area contributed by atoms with Gasteiger partial charge in [0.05, 0.1) is 12.5 Å². The first kappa shape index (κ1) is 15.5. The van der Waals surface area contributed by atoms with E-state index in [1.165, 1.54) is 0 Å². The number of carbonyl (C=O) groups excluding carboxylic acids is 1. The molecule has 19 heavy (non-hydrogen) atoms. The van der Waals surface area contributed by atoms with Crippen LogP contribution in [0.3, 0.4) is 0 Å². The van der Waals surface area contributed by atoms with Crippen molar-refractivity contribution in [2.24, 2.45) is 5.92 Å². The molecule has 1 aromatic carbocycles. The van der Waals surface area contributed by atoms with Crippen LogP contribution in [0.4, 0.5) is 0 Å². The second kappa shape index (κ2) is 7.14.